The average molecular weight is 329 g/mol. The van der Waals surface area contributed by atoms with Crippen molar-refractivity contribution >= 4 is 11.8 Å². The third-order valence-electron chi connectivity index (χ3n) is 5.38. The molecule has 0 aromatic heterocycles. The first-order valence-corrected chi connectivity index (χ1v) is 8.89. The Morgan fingerprint density at radius 1 is 1.17 bits per heavy atom. The first-order valence-electron chi connectivity index (χ1n) is 8.89. The Hall–Kier alpha value is -1.88. The van der Waals surface area contributed by atoms with Crippen LogP contribution in [0.15, 0.2) is 30.3 Å². The number of likely N-dealkylation sites (tertiary alicyclic amines) is 2. The molecule has 1 aromatic carbocycles. The minimum Gasteiger partial charge on any atom is -0.370 e. The quantitative estimate of drug-likeness (QED) is 0.895. The number of carbonyl (C=O) groups is 2. The molecular weight excluding hydrogens is 302 g/mol. The van der Waals surface area contributed by atoms with Crippen molar-refractivity contribution in [3.8, 4) is 0 Å². The monoisotopic (exact) mass is 329 g/mol. The fourth-order valence-electron chi connectivity index (χ4n) is 4.15. The standard InChI is InChI=1S/C19H27N3O2/c20-17(23)8-12-21-11-4-9-19(14-21)10-7-18(24)22(15-19)13-16-5-2-1-3-6-16/h1-3,5-6H,4,7-15H2,(H2,20,23). The van der Waals surface area contributed by atoms with E-state index in [1.54, 1.807) is 0 Å². The minimum atomic E-state index is -0.237. The number of primary amides is 1. The Balaban J connectivity index is 1.64. The summed E-state index contributed by atoms with van der Waals surface area (Å²) in [5.74, 6) is 0.0258. The summed E-state index contributed by atoms with van der Waals surface area (Å²) in [5.41, 5.74) is 6.65. The zero-order chi connectivity index (χ0) is 17.0. The zero-order valence-corrected chi connectivity index (χ0v) is 14.2. The van der Waals surface area contributed by atoms with E-state index in [-0.39, 0.29) is 17.2 Å². The second kappa shape index (κ2) is 7.34. The molecule has 5 nitrogen and oxygen atoms in total. The van der Waals surface area contributed by atoms with Gasteiger partial charge in [0.25, 0.3) is 0 Å². The van der Waals surface area contributed by atoms with E-state index in [0.29, 0.717) is 19.4 Å². The van der Waals surface area contributed by atoms with Gasteiger partial charge in [0, 0.05) is 44.4 Å². The van der Waals surface area contributed by atoms with Crippen LogP contribution in [0.1, 0.15) is 37.7 Å². The summed E-state index contributed by atoms with van der Waals surface area (Å²) in [4.78, 5) is 27.8. The molecule has 130 valence electrons. The minimum absolute atomic E-state index is 0.179. The average Bonchev–Trinajstić information content (AvgIpc) is 2.58. The van der Waals surface area contributed by atoms with Crippen molar-refractivity contribution in [3.63, 3.8) is 0 Å². The second-order valence-corrected chi connectivity index (χ2v) is 7.33. The highest BCUT2D eigenvalue weighted by atomic mass is 16.2. The molecule has 1 aromatic rings. The maximum Gasteiger partial charge on any atom is 0.222 e. The molecule has 2 aliphatic heterocycles. The van der Waals surface area contributed by atoms with Crippen LogP contribution in [0.4, 0.5) is 0 Å². The molecule has 0 bridgehead atoms. The first kappa shape index (κ1) is 17.0. The van der Waals surface area contributed by atoms with Crippen molar-refractivity contribution in [1.82, 2.24) is 9.80 Å². The number of rotatable bonds is 5. The first-order chi connectivity index (χ1) is 11.6. The number of nitrogens with zero attached hydrogens (tertiary/aromatic N) is 2. The van der Waals surface area contributed by atoms with Crippen molar-refractivity contribution in [3.05, 3.63) is 35.9 Å². The lowest BCUT2D eigenvalue weighted by Crippen LogP contribution is -2.54. The van der Waals surface area contributed by atoms with Crippen molar-refractivity contribution < 1.29 is 9.59 Å². The van der Waals surface area contributed by atoms with Crippen LogP contribution in [0, 0.1) is 5.41 Å². The van der Waals surface area contributed by atoms with E-state index in [1.165, 1.54) is 12.0 Å². The van der Waals surface area contributed by atoms with Gasteiger partial charge in [0.05, 0.1) is 0 Å². The van der Waals surface area contributed by atoms with E-state index in [2.05, 4.69) is 17.0 Å². The van der Waals surface area contributed by atoms with Crippen LogP contribution in [0.25, 0.3) is 0 Å². The van der Waals surface area contributed by atoms with Crippen LogP contribution >= 0.6 is 0 Å². The van der Waals surface area contributed by atoms with Crippen molar-refractivity contribution in [2.24, 2.45) is 11.1 Å². The Morgan fingerprint density at radius 2 is 1.96 bits per heavy atom. The third-order valence-corrected chi connectivity index (χ3v) is 5.38. The second-order valence-electron chi connectivity index (χ2n) is 7.33. The van der Waals surface area contributed by atoms with Gasteiger partial charge < -0.3 is 15.5 Å². The highest BCUT2D eigenvalue weighted by Gasteiger charge is 2.41. The fourth-order valence-corrected chi connectivity index (χ4v) is 4.15. The van der Waals surface area contributed by atoms with E-state index in [0.717, 1.165) is 39.0 Å². The van der Waals surface area contributed by atoms with Crippen molar-refractivity contribution in [2.75, 3.05) is 26.2 Å². The Bertz CT molecular complexity index is 590. The normalized spacial score (nSPS) is 25.2. The van der Waals surface area contributed by atoms with Crippen LogP contribution in [-0.2, 0) is 16.1 Å². The molecular formula is C19H27N3O2. The predicted molar refractivity (Wildman–Crippen MR) is 93.0 cm³/mol. The van der Waals surface area contributed by atoms with Crippen molar-refractivity contribution in [2.45, 2.75) is 38.6 Å². The maximum absolute atomic E-state index is 12.4. The van der Waals surface area contributed by atoms with Crippen molar-refractivity contribution in [1.29, 1.82) is 0 Å². The van der Waals surface area contributed by atoms with Crippen LogP contribution in [0.2, 0.25) is 0 Å². The lowest BCUT2D eigenvalue weighted by Gasteiger charge is -2.48. The van der Waals surface area contributed by atoms with Crippen LogP contribution < -0.4 is 5.73 Å². The fraction of sp³-hybridized carbons (Fsp3) is 0.579. The molecule has 2 heterocycles. The van der Waals surface area contributed by atoms with E-state index in [4.69, 9.17) is 5.73 Å². The summed E-state index contributed by atoms with van der Waals surface area (Å²) in [6.07, 6.45) is 4.31. The van der Waals surface area contributed by atoms with Gasteiger partial charge in [-0.05, 0) is 31.4 Å². The van der Waals surface area contributed by atoms with Gasteiger partial charge in [-0.15, -0.1) is 0 Å². The maximum atomic E-state index is 12.4. The van der Waals surface area contributed by atoms with Gasteiger partial charge >= 0.3 is 0 Å². The molecule has 0 radical (unpaired) electrons. The molecule has 2 saturated heterocycles. The summed E-state index contributed by atoms with van der Waals surface area (Å²) in [5, 5.41) is 0. The highest BCUT2D eigenvalue weighted by Crippen LogP contribution is 2.39. The summed E-state index contributed by atoms with van der Waals surface area (Å²) in [6.45, 7) is 4.26. The predicted octanol–water partition coefficient (Wildman–Crippen LogP) is 1.77. The van der Waals surface area contributed by atoms with E-state index in [9.17, 15) is 9.59 Å². The number of hydrogen-bond donors (Lipinski definition) is 1. The topological polar surface area (TPSA) is 66.6 Å². The zero-order valence-electron chi connectivity index (χ0n) is 14.2. The smallest absolute Gasteiger partial charge is 0.222 e. The lowest BCUT2D eigenvalue weighted by atomic mass is 9.73. The molecule has 2 fully saturated rings. The van der Waals surface area contributed by atoms with E-state index < -0.39 is 0 Å². The van der Waals surface area contributed by atoms with Gasteiger partial charge in [0.1, 0.15) is 0 Å². The molecule has 0 saturated carbocycles. The number of nitrogens with two attached hydrogens (primary N) is 1. The van der Waals surface area contributed by atoms with Crippen LogP contribution in [0.5, 0.6) is 0 Å². The largest absolute Gasteiger partial charge is 0.370 e. The summed E-state index contributed by atoms with van der Waals surface area (Å²) in [7, 11) is 0. The molecule has 0 aliphatic carbocycles. The van der Waals surface area contributed by atoms with Gasteiger partial charge in [-0.25, -0.2) is 0 Å². The van der Waals surface area contributed by atoms with Crippen LogP contribution in [-0.4, -0.2) is 47.8 Å². The Kier molecular flexibility index (Phi) is 5.19. The van der Waals surface area contributed by atoms with Gasteiger partial charge in [-0.2, -0.15) is 0 Å². The van der Waals surface area contributed by atoms with Gasteiger partial charge in [-0.3, -0.25) is 9.59 Å². The lowest BCUT2D eigenvalue weighted by molar-refractivity contribution is -0.140. The summed E-state index contributed by atoms with van der Waals surface area (Å²) < 4.78 is 0. The SMILES string of the molecule is NC(=O)CCN1CCCC2(CCC(=O)N(Cc3ccccc3)C2)C1. The summed E-state index contributed by atoms with van der Waals surface area (Å²) >= 11 is 0. The Labute approximate surface area is 143 Å². The third kappa shape index (κ3) is 4.15. The molecule has 24 heavy (non-hydrogen) atoms. The molecule has 2 amide bonds. The molecule has 2 N–H and O–H groups in total. The van der Waals surface area contributed by atoms with E-state index >= 15 is 0 Å². The molecule has 1 unspecified atom stereocenters. The molecule has 1 atom stereocenters. The van der Waals surface area contributed by atoms with E-state index in [1.807, 2.05) is 23.1 Å². The molecule has 5 heteroatoms. The van der Waals surface area contributed by atoms with Gasteiger partial charge in [-0.1, -0.05) is 30.3 Å². The van der Waals surface area contributed by atoms with Gasteiger partial charge in [0.2, 0.25) is 11.8 Å². The number of hydrogen-bond acceptors (Lipinski definition) is 3. The molecule has 2 aliphatic rings. The Morgan fingerprint density at radius 3 is 2.71 bits per heavy atom. The number of piperidine rings is 2. The van der Waals surface area contributed by atoms with Crippen LogP contribution in [0.3, 0.4) is 0 Å². The number of benzene rings is 1. The number of carbonyl (C=O) groups excluding carboxylic acids is 2. The highest BCUT2D eigenvalue weighted by molar-refractivity contribution is 5.77. The molecule has 3 rings (SSSR count). The van der Waals surface area contributed by atoms with Gasteiger partial charge in [0.15, 0.2) is 0 Å². The number of amides is 2. The summed E-state index contributed by atoms with van der Waals surface area (Å²) in [6, 6.07) is 10.2. The molecule has 1 spiro atoms.